The molecule has 1 aliphatic rings. The maximum absolute atomic E-state index is 6.53. The van der Waals surface area contributed by atoms with Crippen molar-refractivity contribution >= 4 is 50.0 Å². The van der Waals surface area contributed by atoms with Crippen LogP contribution in [-0.2, 0) is 11.3 Å². The summed E-state index contributed by atoms with van der Waals surface area (Å²) in [4.78, 5) is 6.73. The molecule has 0 amide bonds. The van der Waals surface area contributed by atoms with Crippen LogP contribution in [-0.4, -0.2) is 36.2 Å². The molecule has 0 unspecified atom stereocenters. The third kappa shape index (κ3) is 2.95. The van der Waals surface area contributed by atoms with Crippen LogP contribution in [0.2, 0.25) is 10.2 Å². The van der Waals surface area contributed by atoms with Crippen LogP contribution in [0.3, 0.4) is 0 Å². The molecular weight excluding hydrogens is 363 g/mol. The van der Waals surface area contributed by atoms with Crippen molar-refractivity contribution in [1.29, 1.82) is 0 Å². The first kappa shape index (κ1) is 14.5. The van der Waals surface area contributed by atoms with Gasteiger partial charge in [-0.2, -0.15) is 0 Å². The fourth-order valence-corrected chi connectivity index (χ4v) is 3.28. The van der Waals surface area contributed by atoms with Crippen molar-refractivity contribution in [3.63, 3.8) is 0 Å². The largest absolute Gasteiger partial charge is 0.379 e. The molecule has 20 heavy (non-hydrogen) atoms. The van der Waals surface area contributed by atoms with Crippen LogP contribution in [0.15, 0.2) is 22.7 Å². The van der Waals surface area contributed by atoms with Gasteiger partial charge in [0.05, 0.1) is 23.8 Å². The minimum Gasteiger partial charge on any atom is -0.379 e. The summed E-state index contributed by atoms with van der Waals surface area (Å²) in [6.07, 6.45) is 0. The Bertz CT molecular complexity index is 645. The first-order valence-corrected chi connectivity index (χ1v) is 7.93. The number of benzene rings is 1. The highest BCUT2D eigenvalue weighted by Gasteiger charge is 2.17. The molecule has 1 fully saturated rings. The second kappa shape index (κ2) is 6.16. The molecule has 0 bridgehead atoms. The van der Waals surface area contributed by atoms with Crippen molar-refractivity contribution < 1.29 is 4.74 Å². The van der Waals surface area contributed by atoms with Crippen molar-refractivity contribution in [2.75, 3.05) is 26.3 Å². The molecule has 1 aromatic carbocycles. The lowest BCUT2D eigenvalue weighted by atomic mass is 10.1. The van der Waals surface area contributed by atoms with Gasteiger partial charge in [0.15, 0.2) is 0 Å². The second-order valence-electron chi connectivity index (χ2n) is 4.75. The van der Waals surface area contributed by atoms with Gasteiger partial charge >= 0.3 is 0 Å². The second-order valence-corrected chi connectivity index (χ2v) is 6.40. The molecule has 1 aliphatic heterocycles. The molecule has 106 valence electrons. The first-order chi connectivity index (χ1) is 9.65. The van der Waals surface area contributed by atoms with E-state index in [9.17, 15) is 0 Å². The maximum Gasteiger partial charge on any atom is 0.135 e. The Morgan fingerprint density at radius 2 is 2.00 bits per heavy atom. The van der Waals surface area contributed by atoms with Crippen LogP contribution in [0.5, 0.6) is 0 Å². The SMILES string of the molecule is Clc1nc2ccc(Br)cc2c(Cl)c1CN1CCOCC1. The molecule has 0 atom stereocenters. The summed E-state index contributed by atoms with van der Waals surface area (Å²) >= 11 is 16.3. The van der Waals surface area contributed by atoms with Gasteiger partial charge in [-0.1, -0.05) is 39.1 Å². The van der Waals surface area contributed by atoms with E-state index in [1.54, 1.807) is 0 Å². The summed E-state index contributed by atoms with van der Waals surface area (Å²) in [5, 5.41) is 2.10. The number of hydrogen-bond donors (Lipinski definition) is 0. The number of rotatable bonds is 2. The van der Waals surface area contributed by atoms with E-state index in [-0.39, 0.29) is 0 Å². The molecule has 0 N–H and O–H groups in total. The smallest absolute Gasteiger partial charge is 0.135 e. The maximum atomic E-state index is 6.53. The molecule has 2 heterocycles. The summed E-state index contributed by atoms with van der Waals surface area (Å²) in [7, 11) is 0. The van der Waals surface area contributed by atoms with E-state index in [0.717, 1.165) is 47.2 Å². The predicted molar refractivity (Wildman–Crippen MR) is 85.6 cm³/mol. The van der Waals surface area contributed by atoms with E-state index >= 15 is 0 Å². The van der Waals surface area contributed by atoms with Crippen molar-refractivity contribution in [3.8, 4) is 0 Å². The van der Waals surface area contributed by atoms with Gasteiger partial charge in [0.1, 0.15) is 5.15 Å². The standard InChI is InChI=1S/C14H13BrCl2N2O/c15-9-1-2-12-10(7-9)13(16)11(14(17)18-12)8-19-3-5-20-6-4-19/h1-2,7H,3-6,8H2. The van der Waals surface area contributed by atoms with Gasteiger partial charge in [0.25, 0.3) is 0 Å². The topological polar surface area (TPSA) is 25.4 Å². The fourth-order valence-electron chi connectivity index (χ4n) is 2.33. The molecule has 3 nitrogen and oxygen atoms in total. The lowest BCUT2D eigenvalue weighted by Gasteiger charge is -2.27. The van der Waals surface area contributed by atoms with E-state index in [0.29, 0.717) is 16.7 Å². The number of fused-ring (bicyclic) bond motifs is 1. The molecular formula is C14H13BrCl2N2O. The van der Waals surface area contributed by atoms with E-state index in [1.165, 1.54) is 0 Å². The highest BCUT2D eigenvalue weighted by Crippen LogP contribution is 2.33. The van der Waals surface area contributed by atoms with Crippen LogP contribution < -0.4 is 0 Å². The van der Waals surface area contributed by atoms with Gasteiger partial charge in [0.2, 0.25) is 0 Å². The molecule has 1 saturated heterocycles. The van der Waals surface area contributed by atoms with Crippen molar-refractivity contribution in [3.05, 3.63) is 38.4 Å². The number of halogens is 3. The fraction of sp³-hybridized carbons (Fsp3) is 0.357. The van der Waals surface area contributed by atoms with Gasteiger partial charge in [0, 0.05) is 35.1 Å². The Balaban J connectivity index is 2.00. The molecule has 0 radical (unpaired) electrons. The van der Waals surface area contributed by atoms with E-state index < -0.39 is 0 Å². The van der Waals surface area contributed by atoms with Crippen LogP contribution in [0.1, 0.15) is 5.56 Å². The van der Waals surface area contributed by atoms with Gasteiger partial charge in [-0.25, -0.2) is 4.98 Å². The number of nitrogens with zero attached hydrogens (tertiary/aromatic N) is 2. The quantitative estimate of drug-likeness (QED) is 0.737. The average molecular weight is 376 g/mol. The molecule has 1 aromatic heterocycles. The molecule has 3 rings (SSSR count). The predicted octanol–water partition coefficient (Wildman–Crippen LogP) is 4.14. The van der Waals surface area contributed by atoms with Crippen LogP contribution in [0.4, 0.5) is 0 Å². The Hall–Kier alpha value is -0.390. The Morgan fingerprint density at radius 1 is 1.25 bits per heavy atom. The van der Waals surface area contributed by atoms with Crippen LogP contribution in [0.25, 0.3) is 10.9 Å². The minimum atomic E-state index is 0.483. The van der Waals surface area contributed by atoms with Crippen LogP contribution >= 0.6 is 39.1 Å². The van der Waals surface area contributed by atoms with E-state index in [4.69, 9.17) is 27.9 Å². The van der Waals surface area contributed by atoms with Crippen molar-refractivity contribution in [1.82, 2.24) is 9.88 Å². The number of hydrogen-bond acceptors (Lipinski definition) is 3. The number of pyridine rings is 1. The number of morpholine rings is 1. The third-order valence-electron chi connectivity index (χ3n) is 3.41. The summed E-state index contributed by atoms with van der Waals surface area (Å²) in [6.45, 7) is 3.99. The third-order valence-corrected chi connectivity index (χ3v) is 4.65. The molecule has 6 heteroatoms. The first-order valence-electron chi connectivity index (χ1n) is 6.38. The lowest BCUT2D eigenvalue weighted by molar-refractivity contribution is 0.0342. The molecule has 0 spiro atoms. The van der Waals surface area contributed by atoms with Gasteiger partial charge in [-0.05, 0) is 18.2 Å². The van der Waals surface area contributed by atoms with E-state index in [1.807, 2.05) is 18.2 Å². The highest BCUT2D eigenvalue weighted by molar-refractivity contribution is 9.10. The van der Waals surface area contributed by atoms with Gasteiger partial charge in [-0.15, -0.1) is 0 Å². The Labute approximate surface area is 135 Å². The Kier molecular flexibility index (Phi) is 4.48. The summed E-state index contributed by atoms with van der Waals surface area (Å²) in [5.41, 5.74) is 1.70. The van der Waals surface area contributed by atoms with Gasteiger partial charge in [-0.3, -0.25) is 4.90 Å². The molecule has 0 saturated carbocycles. The zero-order valence-electron chi connectivity index (χ0n) is 10.7. The zero-order chi connectivity index (χ0) is 14.1. The normalized spacial score (nSPS) is 16.8. The van der Waals surface area contributed by atoms with Crippen molar-refractivity contribution in [2.24, 2.45) is 0 Å². The highest BCUT2D eigenvalue weighted by atomic mass is 79.9. The van der Waals surface area contributed by atoms with Gasteiger partial charge < -0.3 is 4.74 Å². The lowest BCUT2D eigenvalue weighted by Crippen LogP contribution is -2.35. The molecule has 2 aromatic rings. The minimum absolute atomic E-state index is 0.483. The summed E-state index contributed by atoms with van der Waals surface area (Å²) < 4.78 is 6.33. The molecule has 0 aliphatic carbocycles. The average Bonchev–Trinajstić information content (AvgIpc) is 2.46. The monoisotopic (exact) mass is 374 g/mol. The Morgan fingerprint density at radius 3 is 2.75 bits per heavy atom. The number of aromatic nitrogens is 1. The van der Waals surface area contributed by atoms with E-state index in [2.05, 4.69) is 25.8 Å². The number of ether oxygens (including phenoxy) is 1. The van der Waals surface area contributed by atoms with Crippen molar-refractivity contribution in [2.45, 2.75) is 6.54 Å². The summed E-state index contributed by atoms with van der Waals surface area (Å²) in [6, 6.07) is 5.82. The van der Waals surface area contributed by atoms with Crippen LogP contribution in [0, 0.1) is 0 Å². The summed E-state index contributed by atoms with van der Waals surface area (Å²) in [5.74, 6) is 0. The zero-order valence-corrected chi connectivity index (χ0v) is 13.8.